The predicted molar refractivity (Wildman–Crippen MR) is 84.7 cm³/mol. The Morgan fingerprint density at radius 1 is 1.18 bits per heavy atom. The molecule has 1 aliphatic carbocycles. The van der Waals surface area contributed by atoms with Gasteiger partial charge in [-0.15, -0.1) is 0 Å². The third-order valence-electron chi connectivity index (χ3n) is 4.62. The van der Waals surface area contributed by atoms with Gasteiger partial charge in [-0.2, -0.15) is 0 Å². The molecule has 1 fully saturated rings. The third kappa shape index (κ3) is 1.68. The van der Waals surface area contributed by atoms with Gasteiger partial charge >= 0.3 is 0 Å². The molecule has 0 aromatic carbocycles. The minimum absolute atomic E-state index is 0.554. The molecular formula is C17H15N5. The van der Waals surface area contributed by atoms with Crippen molar-refractivity contribution in [2.45, 2.75) is 25.2 Å². The van der Waals surface area contributed by atoms with Crippen LogP contribution in [-0.2, 0) is 0 Å². The molecule has 1 aliphatic rings. The van der Waals surface area contributed by atoms with E-state index >= 15 is 0 Å². The topological polar surface area (TPSA) is 58.9 Å². The van der Waals surface area contributed by atoms with Crippen LogP contribution in [0.4, 0.5) is 0 Å². The number of nitrogens with one attached hydrogen (secondary N) is 1. The van der Waals surface area contributed by atoms with Crippen LogP contribution in [0.5, 0.6) is 0 Å². The summed E-state index contributed by atoms with van der Waals surface area (Å²) >= 11 is 0. The number of rotatable bonds is 2. The molecule has 0 saturated heterocycles. The largest absolute Gasteiger partial charge is 0.345 e. The third-order valence-corrected chi connectivity index (χ3v) is 4.62. The molecule has 1 saturated carbocycles. The fourth-order valence-corrected chi connectivity index (χ4v) is 3.10. The molecular weight excluding hydrogens is 274 g/mol. The Kier molecular flexibility index (Phi) is 2.38. The molecule has 0 atom stereocenters. The fourth-order valence-electron chi connectivity index (χ4n) is 3.10. The molecule has 4 aromatic heterocycles. The van der Waals surface area contributed by atoms with E-state index in [2.05, 4.69) is 27.2 Å². The summed E-state index contributed by atoms with van der Waals surface area (Å²) < 4.78 is 2.03. The quantitative estimate of drug-likeness (QED) is 0.614. The number of imidazole rings is 1. The smallest absolute Gasteiger partial charge is 0.141 e. The van der Waals surface area contributed by atoms with Crippen molar-refractivity contribution in [1.29, 1.82) is 0 Å². The van der Waals surface area contributed by atoms with E-state index in [4.69, 9.17) is 4.98 Å². The van der Waals surface area contributed by atoms with E-state index in [0.29, 0.717) is 5.92 Å². The second-order valence-electron chi connectivity index (χ2n) is 5.93. The predicted octanol–water partition coefficient (Wildman–Crippen LogP) is 3.54. The number of pyridine rings is 1. The number of aromatic amines is 1. The molecule has 4 aromatic rings. The van der Waals surface area contributed by atoms with Gasteiger partial charge in [0.2, 0.25) is 0 Å². The molecule has 0 radical (unpaired) electrons. The second-order valence-corrected chi connectivity index (χ2v) is 5.93. The van der Waals surface area contributed by atoms with Crippen molar-refractivity contribution in [2.24, 2.45) is 0 Å². The highest BCUT2D eigenvalue weighted by Crippen LogP contribution is 2.35. The van der Waals surface area contributed by atoms with Crippen molar-refractivity contribution in [3.63, 3.8) is 0 Å². The number of hydrogen-bond acceptors (Lipinski definition) is 3. The lowest BCUT2D eigenvalue weighted by Crippen LogP contribution is -2.12. The van der Waals surface area contributed by atoms with E-state index in [9.17, 15) is 0 Å². The molecule has 4 heterocycles. The number of fused-ring (bicyclic) bond motifs is 2. The molecule has 0 spiro atoms. The van der Waals surface area contributed by atoms with Gasteiger partial charge in [0.1, 0.15) is 17.1 Å². The molecule has 108 valence electrons. The Balaban J connectivity index is 1.64. The Labute approximate surface area is 127 Å². The van der Waals surface area contributed by atoms with Crippen LogP contribution in [0.2, 0.25) is 0 Å². The Morgan fingerprint density at radius 3 is 3.00 bits per heavy atom. The number of hydrogen-bond donors (Lipinski definition) is 1. The minimum Gasteiger partial charge on any atom is -0.345 e. The van der Waals surface area contributed by atoms with E-state index in [1.54, 1.807) is 0 Å². The number of aromatic nitrogens is 5. The van der Waals surface area contributed by atoms with Gasteiger partial charge in [-0.1, -0.05) is 6.42 Å². The second kappa shape index (κ2) is 4.40. The van der Waals surface area contributed by atoms with Gasteiger partial charge in [-0.25, -0.2) is 15.0 Å². The monoisotopic (exact) mass is 289 g/mol. The standard InChI is InChI=1S/C17H15N5/c1-2-11(3-1)16-19-9-14-13(8-20-17(14)21-16)12-4-5-15-18-6-7-22(15)10-12/h4-11H,1-3H2,(H,19,20,21). The summed E-state index contributed by atoms with van der Waals surface area (Å²) in [6.07, 6.45) is 13.6. The van der Waals surface area contributed by atoms with Gasteiger partial charge in [0.15, 0.2) is 0 Å². The number of H-pyrrole nitrogens is 1. The summed E-state index contributed by atoms with van der Waals surface area (Å²) in [7, 11) is 0. The molecule has 0 unspecified atom stereocenters. The zero-order chi connectivity index (χ0) is 14.5. The first-order chi connectivity index (χ1) is 10.9. The first kappa shape index (κ1) is 11.9. The minimum atomic E-state index is 0.554. The highest BCUT2D eigenvalue weighted by molar-refractivity contribution is 5.93. The number of nitrogens with zero attached hydrogens (tertiary/aromatic N) is 4. The first-order valence-corrected chi connectivity index (χ1v) is 7.65. The molecule has 5 rings (SSSR count). The summed E-state index contributed by atoms with van der Waals surface area (Å²) in [5.74, 6) is 1.54. The van der Waals surface area contributed by atoms with Gasteiger partial charge in [0.05, 0.1) is 0 Å². The van der Waals surface area contributed by atoms with E-state index in [-0.39, 0.29) is 0 Å². The van der Waals surface area contributed by atoms with Crippen LogP contribution in [0.15, 0.2) is 43.1 Å². The first-order valence-electron chi connectivity index (χ1n) is 7.65. The Bertz CT molecular complexity index is 977. The van der Waals surface area contributed by atoms with Crippen LogP contribution in [0.25, 0.3) is 27.8 Å². The molecule has 5 heteroatoms. The maximum Gasteiger partial charge on any atom is 0.141 e. The summed E-state index contributed by atoms with van der Waals surface area (Å²) in [5.41, 5.74) is 4.15. The van der Waals surface area contributed by atoms with E-state index in [0.717, 1.165) is 33.6 Å². The maximum absolute atomic E-state index is 4.71. The molecule has 1 N–H and O–H groups in total. The maximum atomic E-state index is 4.71. The van der Waals surface area contributed by atoms with Crippen molar-refractivity contribution in [1.82, 2.24) is 24.3 Å². The molecule has 0 amide bonds. The van der Waals surface area contributed by atoms with Gasteiger partial charge in [-0.3, -0.25) is 0 Å². The van der Waals surface area contributed by atoms with Gasteiger partial charge in [0, 0.05) is 53.4 Å². The van der Waals surface area contributed by atoms with Crippen LogP contribution in [-0.4, -0.2) is 24.3 Å². The molecule has 0 aliphatic heterocycles. The Morgan fingerprint density at radius 2 is 2.14 bits per heavy atom. The average Bonchev–Trinajstić information content (AvgIpc) is 3.10. The van der Waals surface area contributed by atoms with Crippen molar-refractivity contribution in [3.8, 4) is 11.1 Å². The van der Waals surface area contributed by atoms with Crippen molar-refractivity contribution < 1.29 is 0 Å². The van der Waals surface area contributed by atoms with Crippen molar-refractivity contribution in [3.05, 3.63) is 48.9 Å². The summed E-state index contributed by atoms with van der Waals surface area (Å²) in [4.78, 5) is 16.9. The van der Waals surface area contributed by atoms with Crippen LogP contribution >= 0.6 is 0 Å². The normalized spacial score (nSPS) is 15.5. The Hall–Kier alpha value is -2.69. The summed E-state index contributed by atoms with van der Waals surface area (Å²) in [6, 6.07) is 4.11. The molecule has 0 bridgehead atoms. The highest BCUT2D eigenvalue weighted by Gasteiger charge is 2.22. The van der Waals surface area contributed by atoms with Crippen molar-refractivity contribution in [2.75, 3.05) is 0 Å². The fraction of sp³-hybridized carbons (Fsp3) is 0.235. The SMILES string of the molecule is c1cn2cc(-c3c[nH]c4nc(C5CCC5)ncc34)ccc2n1. The van der Waals surface area contributed by atoms with E-state index in [1.165, 1.54) is 19.3 Å². The molecule has 5 nitrogen and oxygen atoms in total. The molecule has 22 heavy (non-hydrogen) atoms. The highest BCUT2D eigenvalue weighted by atomic mass is 15.0. The summed E-state index contributed by atoms with van der Waals surface area (Å²) in [6.45, 7) is 0. The lowest BCUT2D eigenvalue weighted by molar-refractivity contribution is 0.402. The average molecular weight is 289 g/mol. The zero-order valence-corrected chi connectivity index (χ0v) is 12.0. The van der Waals surface area contributed by atoms with Gasteiger partial charge < -0.3 is 9.38 Å². The van der Waals surface area contributed by atoms with Crippen LogP contribution in [0, 0.1) is 0 Å². The lowest BCUT2D eigenvalue weighted by atomic mass is 9.85. The van der Waals surface area contributed by atoms with Crippen LogP contribution < -0.4 is 0 Å². The van der Waals surface area contributed by atoms with Gasteiger partial charge in [0.25, 0.3) is 0 Å². The van der Waals surface area contributed by atoms with E-state index < -0.39 is 0 Å². The van der Waals surface area contributed by atoms with Gasteiger partial charge in [-0.05, 0) is 25.0 Å². The van der Waals surface area contributed by atoms with Crippen LogP contribution in [0.3, 0.4) is 0 Å². The van der Waals surface area contributed by atoms with Crippen molar-refractivity contribution >= 4 is 16.7 Å². The zero-order valence-electron chi connectivity index (χ0n) is 12.0. The summed E-state index contributed by atoms with van der Waals surface area (Å²) in [5, 5.41) is 1.07. The lowest BCUT2D eigenvalue weighted by Gasteiger charge is -2.23. The van der Waals surface area contributed by atoms with Crippen LogP contribution in [0.1, 0.15) is 31.0 Å². The van der Waals surface area contributed by atoms with E-state index in [1.807, 2.05) is 35.3 Å².